The van der Waals surface area contributed by atoms with Crippen molar-refractivity contribution in [3.8, 4) is 5.75 Å². The molecule has 0 aliphatic heterocycles. The summed E-state index contributed by atoms with van der Waals surface area (Å²) in [5.74, 6) is -0.623. The highest BCUT2D eigenvalue weighted by Gasteiger charge is 2.16. The number of nitrogens with one attached hydrogen (secondary N) is 1. The highest BCUT2D eigenvalue weighted by atomic mass is 79.9. The molecule has 5 nitrogen and oxygen atoms in total. The lowest BCUT2D eigenvalue weighted by molar-refractivity contribution is -0.0501. The summed E-state index contributed by atoms with van der Waals surface area (Å²) in [5, 5.41) is 6.98. The van der Waals surface area contributed by atoms with Crippen LogP contribution in [0.5, 0.6) is 5.75 Å². The maximum atomic E-state index is 12.4. The minimum absolute atomic E-state index is 0.0577. The van der Waals surface area contributed by atoms with Crippen molar-refractivity contribution in [1.29, 1.82) is 0 Å². The molecule has 2 aromatic rings. The van der Waals surface area contributed by atoms with Crippen LogP contribution in [0.1, 0.15) is 22.5 Å². The molecule has 1 heterocycles. The number of carbonyl (C=O) groups is 1. The van der Waals surface area contributed by atoms with Gasteiger partial charge in [-0.2, -0.15) is 13.9 Å². The van der Waals surface area contributed by atoms with Gasteiger partial charge in [0.2, 0.25) is 0 Å². The van der Waals surface area contributed by atoms with E-state index >= 15 is 0 Å². The fourth-order valence-corrected chi connectivity index (χ4v) is 2.70. The van der Waals surface area contributed by atoms with Crippen LogP contribution in [0.15, 0.2) is 33.3 Å². The van der Waals surface area contributed by atoms with E-state index in [1.54, 1.807) is 4.68 Å². The molecule has 9 heteroatoms. The summed E-state index contributed by atoms with van der Waals surface area (Å²) < 4.78 is 32.5. The number of benzene rings is 1. The van der Waals surface area contributed by atoms with Gasteiger partial charge in [-0.1, -0.05) is 15.9 Å². The average Bonchev–Trinajstić information content (AvgIpc) is 2.83. The number of rotatable bonds is 7. The lowest BCUT2D eigenvalue weighted by Gasteiger charge is -2.11. The van der Waals surface area contributed by atoms with Gasteiger partial charge in [-0.25, -0.2) is 0 Å². The third-order valence-corrected chi connectivity index (χ3v) is 4.41. The molecule has 0 spiro atoms. The molecule has 0 aliphatic carbocycles. The Balaban J connectivity index is 1.91. The van der Waals surface area contributed by atoms with Gasteiger partial charge in [-0.05, 0) is 47.5 Å². The number of ether oxygens (including phenoxy) is 1. The number of aromatic nitrogens is 2. The topological polar surface area (TPSA) is 56.2 Å². The number of amides is 1. The highest BCUT2D eigenvalue weighted by Crippen LogP contribution is 2.24. The van der Waals surface area contributed by atoms with Crippen LogP contribution in [0, 0.1) is 6.92 Å². The van der Waals surface area contributed by atoms with Crippen molar-refractivity contribution in [2.45, 2.75) is 26.5 Å². The van der Waals surface area contributed by atoms with E-state index in [-0.39, 0.29) is 11.3 Å². The Morgan fingerprint density at radius 3 is 2.79 bits per heavy atom. The van der Waals surface area contributed by atoms with Crippen LogP contribution in [0.2, 0.25) is 0 Å². The first-order valence-electron chi connectivity index (χ1n) is 7.09. The molecule has 24 heavy (non-hydrogen) atoms. The van der Waals surface area contributed by atoms with E-state index in [0.29, 0.717) is 24.0 Å². The Morgan fingerprint density at radius 2 is 2.17 bits per heavy atom. The Labute approximate surface area is 154 Å². The maximum Gasteiger partial charge on any atom is 0.387 e. The standard InChI is InChI=1S/C15H15Br2F2N3O2/c1-9-12(17)8-22(21-9)6-2-5-20-14(23)11-7-10(16)3-4-13(11)24-15(18)19/h3-4,7-8,15H,2,5-6H2,1H3,(H,20,23). The first-order valence-corrected chi connectivity index (χ1v) is 8.67. The average molecular weight is 467 g/mol. The van der Waals surface area contributed by atoms with E-state index in [1.165, 1.54) is 18.2 Å². The van der Waals surface area contributed by atoms with Gasteiger partial charge in [-0.15, -0.1) is 0 Å². The number of hydrogen-bond donors (Lipinski definition) is 1. The van der Waals surface area contributed by atoms with Gasteiger partial charge in [0.15, 0.2) is 0 Å². The molecule has 0 saturated heterocycles. The Morgan fingerprint density at radius 1 is 1.42 bits per heavy atom. The molecule has 2 rings (SSSR count). The van der Waals surface area contributed by atoms with Crippen LogP contribution in [0.25, 0.3) is 0 Å². The number of hydrogen-bond acceptors (Lipinski definition) is 3. The van der Waals surface area contributed by atoms with Crippen molar-refractivity contribution >= 4 is 37.8 Å². The van der Waals surface area contributed by atoms with Crippen LogP contribution < -0.4 is 10.1 Å². The third-order valence-electron chi connectivity index (χ3n) is 3.14. The second kappa shape index (κ2) is 8.57. The predicted molar refractivity (Wildman–Crippen MR) is 92.4 cm³/mol. The number of alkyl halides is 2. The summed E-state index contributed by atoms with van der Waals surface area (Å²) in [5.41, 5.74) is 0.948. The molecule has 1 amide bonds. The molecule has 130 valence electrons. The summed E-state index contributed by atoms with van der Waals surface area (Å²) in [6.07, 6.45) is 2.51. The summed E-state index contributed by atoms with van der Waals surface area (Å²) in [6.45, 7) is -0.0823. The number of nitrogens with zero attached hydrogens (tertiary/aromatic N) is 2. The molecule has 0 aliphatic rings. The minimum atomic E-state index is -2.99. The monoisotopic (exact) mass is 465 g/mol. The second-order valence-electron chi connectivity index (χ2n) is 4.95. The fraction of sp³-hybridized carbons (Fsp3) is 0.333. The van der Waals surface area contributed by atoms with Gasteiger partial charge in [0, 0.05) is 23.8 Å². The zero-order valence-electron chi connectivity index (χ0n) is 12.7. The SMILES string of the molecule is Cc1nn(CCCNC(=O)c2cc(Br)ccc2OC(F)F)cc1Br. The number of halogens is 4. The molecule has 0 atom stereocenters. The Hall–Kier alpha value is -1.48. The first kappa shape index (κ1) is 18.9. The van der Waals surface area contributed by atoms with E-state index in [1.807, 2.05) is 13.1 Å². The highest BCUT2D eigenvalue weighted by molar-refractivity contribution is 9.10. The molecule has 1 N–H and O–H groups in total. The van der Waals surface area contributed by atoms with Crippen LogP contribution >= 0.6 is 31.9 Å². The van der Waals surface area contributed by atoms with E-state index in [4.69, 9.17) is 0 Å². The van der Waals surface area contributed by atoms with Crippen molar-refractivity contribution in [3.05, 3.63) is 44.6 Å². The molecule has 0 fully saturated rings. The largest absolute Gasteiger partial charge is 0.434 e. The molecule has 0 saturated carbocycles. The summed E-state index contributed by atoms with van der Waals surface area (Å²) in [6, 6.07) is 4.31. The third kappa shape index (κ3) is 5.27. The molecular formula is C15H15Br2F2N3O2. The van der Waals surface area contributed by atoms with Crippen molar-refractivity contribution in [2.75, 3.05) is 6.54 Å². The van der Waals surface area contributed by atoms with E-state index in [2.05, 4.69) is 47.0 Å². The lowest BCUT2D eigenvalue weighted by Crippen LogP contribution is -2.26. The van der Waals surface area contributed by atoms with Gasteiger partial charge in [0.1, 0.15) is 5.75 Å². The van der Waals surface area contributed by atoms with Gasteiger partial charge in [-0.3, -0.25) is 9.48 Å². The Bertz CT molecular complexity index is 703. The van der Waals surface area contributed by atoms with Gasteiger partial charge < -0.3 is 10.1 Å². The van der Waals surface area contributed by atoms with Crippen molar-refractivity contribution in [1.82, 2.24) is 15.1 Å². The van der Waals surface area contributed by atoms with Gasteiger partial charge in [0.05, 0.1) is 15.7 Å². The molecule has 0 unspecified atom stereocenters. The minimum Gasteiger partial charge on any atom is -0.434 e. The zero-order chi connectivity index (χ0) is 17.7. The number of aryl methyl sites for hydroxylation is 2. The van der Waals surface area contributed by atoms with Crippen molar-refractivity contribution in [2.24, 2.45) is 0 Å². The second-order valence-corrected chi connectivity index (χ2v) is 6.72. The van der Waals surface area contributed by atoms with Crippen LogP contribution in [0.4, 0.5) is 8.78 Å². The molecule has 0 bridgehead atoms. The normalized spacial score (nSPS) is 10.9. The maximum absolute atomic E-state index is 12.4. The molecule has 1 aromatic heterocycles. The molecule has 1 aromatic carbocycles. The first-order chi connectivity index (χ1) is 11.4. The van der Waals surface area contributed by atoms with E-state index in [0.717, 1.165) is 10.2 Å². The van der Waals surface area contributed by atoms with Crippen LogP contribution in [-0.4, -0.2) is 28.8 Å². The van der Waals surface area contributed by atoms with Crippen LogP contribution in [-0.2, 0) is 6.54 Å². The quantitative estimate of drug-likeness (QED) is 0.624. The lowest BCUT2D eigenvalue weighted by atomic mass is 10.2. The van der Waals surface area contributed by atoms with Gasteiger partial charge in [0.25, 0.3) is 5.91 Å². The summed E-state index contributed by atoms with van der Waals surface area (Å²) in [7, 11) is 0. The summed E-state index contributed by atoms with van der Waals surface area (Å²) in [4.78, 5) is 12.2. The summed E-state index contributed by atoms with van der Waals surface area (Å²) >= 11 is 6.59. The van der Waals surface area contributed by atoms with Crippen molar-refractivity contribution in [3.63, 3.8) is 0 Å². The number of carbonyl (C=O) groups excluding carboxylic acids is 1. The van der Waals surface area contributed by atoms with Crippen LogP contribution in [0.3, 0.4) is 0 Å². The predicted octanol–water partition coefficient (Wildman–Crippen LogP) is 4.14. The zero-order valence-corrected chi connectivity index (χ0v) is 15.9. The molecule has 0 radical (unpaired) electrons. The van der Waals surface area contributed by atoms with E-state index in [9.17, 15) is 13.6 Å². The van der Waals surface area contributed by atoms with E-state index < -0.39 is 12.5 Å². The molecular weight excluding hydrogens is 452 g/mol. The van der Waals surface area contributed by atoms with Crippen molar-refractivity contribution < 1.29 is 18.3 Å². The fourth-order valence-electron chi connectivity index (χ4n) is 2.02. The Kier molecular flexibility index (Phi) is 6.73. The van der Waals surface area contributed by atoms with Gasteiger partial charge >= 0.3 is 6.61 Å². The smallest absolute Gasteiger partial charge is 0.387 e.